The summed E-state index contributed by atoms with van der Waals surface area (Å²) >= 11 is 0. The van der Waals surface area contributed by atoms with Gasteiger partial charge in [-0.1, -0.05) is 13.8 Å². The summed E-state index contributed by atoms with van der Waals surface area (Å²) in [6, 6.07) is 3.52. The van der Waals surface area contributed by atoms with Gasteiger partial charge in [0.1, 0.15) is 5.76 Å². The van der Waals surface area contributed by atoms with E-state index in [0.717, 1.165) is 45.0 Å². The smallest absolute Gasteiger partial charge is 0.315 e. The lowest BCUT2D eigenvalue weighted by Crippen LogP contribution is -2.48. The Bertz CT molecular complexity index is 427. The van der Waals surface area contributed by atoms with E-state index < -0.39 is 0 Å². The Morgan fingerprint density at radius 1 is 1.27 bits per heavy atom. The largest absolute Gasteiger partial charge is 0.467 e. The summed E-state index contributed by atoms with van der Waals surface area (Å²) in [4.78, 5) is 16.7. The highest BCUT2D eigenvalue weighted by Gasteiger charge is 2.17. The van der Waals surface area contributed by atoms with Crippen LogP contribution in [0.1, 0.15) is 19.6 Å². The number of piperazine rings is 1. The molecule has 2 N–H and O–H groups in total. The molecule has 0 saturated carbocycles. The van der Waals surface area contributed by atoms with E-state index in [1.807, 2.05) is 12.1 Å². The second-order valence-electron chi connectivity index (χ2n) is 5.98. The zero-order valence-corrected chi connectivity index (χ0v) is 13.7. The van der Waals surface area contributed by atoms with E-state index in [-0.39, 0.29) is 6.03 Å². The highest BCUT2D eigenvalue weighted by molar-refractivity contribution is 5.73. The Hall–Kier alpha value is -1.53. The van der Waals surface area contributed by atoms with Crippen molar-refractivity contribution in [3.05, 3.63) is 24.2 Å². The van der Waals surface area contributed by atoms with Gasteiger partial charge in [-0.2, -0.15) is 0 Å². The fourth-order valence-corrected chi connectivity index (χ4v) is 2.70. The third kappa shape index (κ3) is 5.69. The molecule has 1 saturated heterocycles. The van der Waals surface area contributed by atoms with E-state index in [1.165, 1.54) is 0 Å². The van der Waals surface area contributed by atoms with Crippen LogP contribution in [0.2, 0.25) is 0 Å². The topological polar surface area (TPSA) is 60.8 Å². The fourth-order valence-electron chi connectivity index (χ4n) is 2.70. The molecule has 2 amide bonds. The normalized spacial score (nSPS) is 18.1. The summed E-state index contributed by atoms with van der Waals surface area (Å²) in [7, 11) is 0. The van der Waals surface area contributed by atoms with Crippen molar-refractivity contribution < 1.29 is 9.21 Å². The maximum Gasteiger partial charge on any atom is 0.315 e. The molecule has 124 valence electrons. The third-order valence-electron chi connectivity index (χ3n) is 4.10. The van der Waals surface area contributed by atoms with Gasteiger partial charge in [-0.3, -0.25) is 0 Å². The quantitative estimate of drug-likeness (QED) is 0.798. The molecule has 2 rings (SSSR count). The van der Waals surface area contributed by atoms with Gasteiger partial charge in [0.25, 0.3) is 0 Å². The van der Waals surface area contributed by atoms with Gasteiger partial charge < -0.3 is 24.9 Å². The van der Waals surface area contributed by atoms with Gasteiger partial charge in [0, 0.05) is 39.3 Å². The van der Waals surface area contributed by atoms with Crippen LogP contribution in [-0.2, 0) is 6.54 Å². The lowest BCUT2D eigenvalue weighted by Gasteiger charge is -2.35. The van der Waals surface area contributed by atoms with Crippen molar-refractivity contribution in [2.45, 2.75) is 20.4 Å². The van der Waals surface area contributed by atoms with Crippen molar-refractivity contribution in [2.75, 3.05) is 45.8 Å². The molecule has 0 spiro atoms. The lowest BCUT2D eigenvalue weighted by molar-refractivity contribution is 0.124. The first-order chi connectivity index (χ1) is 10.7. The number of nitrogens with zero attached hydrogens (tertiary/aromatic N) is 2. The fraction of sp³-hybridized carbons (Fsp3) is 0.688. The van der Waals surface area contributed by atoms with Crippen molar-refractivity contribution in [1.82, 2.24) is 20.4 Å². The van der Waals surface area contributed by atoms with E-state index in [0.29, 0.717) is 19.0 Å². The molecular weight excluding hydrogens is 280 g/mol. The summed E-state index contributed by atoms with van der Waals surface area (Å²) in [5.41, 5.74) is 0. The van der Waals surface area contributed by atoms with Gasteiger partial charge in [0.05, 0.1) is 12.8 Å². The molecule has 6 heteroatoms. The molecule has 0 bridgehead atoms. The Morgan fingerprint density at radius 3 is 2.64 bits per heavy atom. The molecule has 22 heavy (non-hydrogen) atoms. The Kier molecular flexibility index (Phi) is 6.74. The predicted octanol–water partition coefficient (Wildman–Crippen LogP) is 1.35. The number of carbonyl (C=O) groups is 1. The molecule has 1 aromatic heterocycles. The summed E-state index contributed by atoms with van der Waals surface area (Å²) in [6.45, 7) is 12.2. The number of rotatable bonds is 7. The number of hydrogen-bond donors (Lipinski definition) is 2. The lowest BCUT2D eigenvalue weighted by atomic mass is 10.1. The van der Waals surface area contributed by atoms with Gasteiger partial charge in [-0.15, -0.1) is 0 Å². The second-order valence-corrected chi connectivity index (χ2v) is 5.98. The number of hydrogen-bond acceptors (Lipinski definition) is 4. The number of amides is 2. The van der Waals surface area contributed by atoms with Gasteiger partial charge in [0.2, 0.25) is 0 Å². The molecule has 1 aromatic rings. The number of furan rings is 1. The number of carbonyl (C=O) groups excluding carboxylic acids is 1. The van der Waals surface area contributed by atoms with Crippen LogP contribution in [0.5, 0.6) is 0 Å². The number of urea groups is 1. The number of nitrogens with one attached hydrogen (secondary N) is 2. The highest BCUT2D eigenvalue weighted by atomic mass is 16.3. The minimum atomic E-state index is -0.140. The van der Waals surface area contributed by atoms with Crippen LogP contribution in [0.3, 0.4) is 0 Å². The molecule has 1 aliphatic rings. The van der Waals surface area contributed by atoms with E-state index in [2.05, 4.69) is 34.3 Å². The van der Waals surface area contributed by atoms with Gasteiger partial charge in [-0.05, 0) is 24.6 Å². The van der Waals surface area contributed by atoms with Crippen LogP contribution in [0, 0.1) is 5.92 Å². The molecule has 1 fully saturated rings. The van der Waals surface area contributed by atoms with Crippen molar-refractivity contribution in [1.29, 1.82) is 0 Å². The first-order valence-electron chi connectivity index (χ1n) is 8.16. The van der Waals surface area contributed by atoms with E-state index in [4.69, 9.17) is 4.42 Å². The van der Waals surface area contributed by atoms with E-state index in [9.17, 15) is 4.79 Å². The van der Waals surface area contributed by atoms with Gasteiger partial charge in [-0.25, -0.2) is 4.79 Å². The monoisotopic (exact) mass is 308 g/mol. The average molecular weight is 308 g/mol. The molecule has 0 aliphatic carbocycles. The van der Waals surface area contributed by atoms with Crippen LogP contribution in [0.15, 0.2) is 22.8 Å². The maximum atomic E-state index is 11.7. The minimum absolute atomic E-state index is 0.140. The van der Waals surface area contributed by atoms with Crippen LogP contribution in [0.4, 0.5) is 4.79 Å². The molecule has 1 unspecified atom stereocenters. The molecule has 6 nitrogen and oxygen atoms in total. The summed E-state index contributed by atoms with van der Waals surface area (Å²) < 4.78 is 5.17. The first-order valence-corrected chi connectivity index (χ1v) is 8.16. The van der Waals surface area contributed by atoms with E-state index in [1.54, 1.807) is 6.26 Å². The molecule has 1 atom stereocenters. The van der Waals surface area contributed by atoms with Crippen LogP contribution in [-0.4, -0.2) is 61.6 Å². The van der Waals surface area contributed by atoms with Crippen LogP contribution < -0.4 is 10.6 Å². The van der Waals surface area contributed by atoms with Crippen molar-refractivity contribution in [3.63, 3.8) is 0 Å². The Labute approximate surface area is 132 Å². The third-order valence-corrected chi connectivity index (χ3v) is 4.10. The average Bonchev–Trinajstić information content (AvgIpc) is 3.05. The summed E-state index contributed by atoms with van der Waals surface area (Å²) in [6.07, 6.45) is 1.61. The standard InChI is InChI=1S/C16H28N4O2/c1-3-19-6-8-20(9-7-19)13-14(2)11-17-16(21)18-12-15-5-4-10-22-15/h4-5,10,14H,3,6-9,11-13H2,1-2H3,(H2,17,18,21). The van der Waals surface area contributed by atoms with Crippen molar-refractivity contribution in [3.8, 4) is 0 Å². The second kappa shape index (κ2) is 8.80. The van der Waals surface area contributed by atoms with Gasteiger partial charge in [0.15, 0.2) is 0 Å². The molecule has 2 heterocycles. The Balaban J connectivity index is 1.57. The van der Waals surface area contributed by atoms with Crippen molar-refractivity contribution >= 4 is 6.03 Å². The SMILES string of the molecule is CCN1CCN(CC(C)CNC(=O)NCc2ccco2)CC1. The molecule has 0 aromatic carbocycles. The highest BCUT2D eigenvalue weighted by Crippen LogP contribution is 2.05. The maximum absolute atomic E-state index is 11.7. The molecular formula is C16H28N4O2. The Morgan fingerprint density at radius 2 is 2.00 bits per heavy atom. The molecule has 0 radical (unpaired) electrons. The minimum Gasteiger partial charge on any atom is -0.467 e. The van der Waals surface area contributed by atoms with Crippen LogP contribution in [0.25, 0.3) is 0 Å². The van der Waals surface area contributed by atoms with Gasteiger partial charge >= 0.3 is 6.03 Å². The zero-order chi connectivity index (χ0) is 15.8. The molecule has 1 aliphatic heterocycles. The van der Waals surface area contributed by atoms with Crippen molar-refractivity contribution in [2.24, 2.45) is 5.92 Å². The number of likely N-dealkylation sites (N-methyl/N-ethyl adjacent to an activating group) is 1. The predicted molar refractivity (Wildman–Crippen MR) is 86.7 cm³/mol. The summed E-state index contributed by atoms with van der Waals surface area (Å²) in [5.74, 6) is 1.21. The zero-order valence-electron chi connectivity index (χ0n) is 13.7. The van der Waals surface area contributed by atoms with E-state index >= 15 is 0 Å². The van der Waals surface area contributed by atoms with Crippen LogP contribution >= 0.6 is 0 Å². The first kappa shape index (κ1) is 16.8. The summed E-state index contributed by atoms with van der Waals surface area (Å²) in [5, 5.41) is 5.72.